The summed E-state index contributed by atoms with van der Waals surface area (Å²) in [6.07, 6.45) is 0.686. The molecule has 2 N–H and O–H groups in total. The van der Waals surface area contributed by atoms with Crippen LogP contribution in [0.15, 0.2) is 47.4 Å². The van der Waals surface area contributed by atoms with Crippen molar-refractivity contribution in [1.29, 1.82) is 0 Å². The number of ether oxygens (including phenoxy) is 1. The van der Waals surface area contributed by atoms with E-state index in [1.54, 1.807) is 37.3 Å². The molecular weight excluding hydrogens is 376 g/mol. The average Bonchev–Trinajstić information content (AvgIpc) is 2.62. The largest absolute Gasteiger partial charge is 0.495 e. The quantitative estimate of drug-likeness (QED) is 0.736. The normalized spacial score (nSPS) is 12.3. The first-order valence-electron chi connectivity index (χ1n) is 8.04. The Bertz CT molecular complexity index is 883. The van der Waals surface area contributed by atoms with Gasteiger partial charge in [-0.1, -0.05) is 25.4 Å². The summed E-state index contributed by atoms with van der Waals surface area (Å²) >= 11 is 5.82. The summed E-state index contributed by atoms with van der Waals surface area (Å²) in [5.41, 5.74) is 0.748. The van der Waals surface area contributed by atoms with Gasteiger partial charge in [-0.25, -0.2) is 8.42 Å². The Kier molecular flexibility index (Phi) is 6.50. The molecule has 0 bridgehead atoms. The van der Waals surface area contributed by atoms with Crippen molar-refractivity contribution in [2.45, 2.75) is 25.2 Å². The number of amides is 1. The van der Waals surface area contributed by atoms with Crippen LogP contribution in [0.2, 0.25) is 5.02 Å². The lowest BCUT2D eigenvalue weighted by Crippen LogP contribution is -2.20. The van der Waals surface area contributed by atoms with Crippen molar-refractivity contribution in [3.8, 4) is 5.75 Å². The number of benzene rings is 2. The van der Waals surface area contributed by atoms with Gasteiger partial charge in [0.2, 0.25) is 5.91 Å². The van der Waals surface area contributed by atoms with E-state index in [1.807, 2.05) is 6.92 Å². The minimum atomic E-state index is -3.92. The molecule has 2 aromatic carbocycles. The highest BCUT2D eigenvalue weighted by atomic mass is 35.5. The van der Waals surface area contributed by atoms with E-state index in [2.05, 4.69) is 10.0 Å². The molecule has 0 aliphatic heterocycles. The Morgan fingerprint density at radius 2 is 1.77 bits per heavy atom. The monoisotopic (exact) mass is 396 g/mol. The molecule has 0 aliphatic carbocycles. The van der Waals surface area contributed by atoms with Crippen molar-refractivity contribution >= 4 is 38.9 Å². The molecule has 6 nitrogen and oxygen atoms in total. The highest BCUT2D eigenvalue weighted by Gasteiger charge is 2.21. The van der Waals surface area contributed by atoms with Crippen LogP contribution in [0.1, 0.15) is 20.3 Å². The van der Waals surface area contributed by atoms with Crippen molar-refractivity contribution in [3.63, 3.8) is 0 Å². The zero-order valence-corrected chi connectivity index (χ0v) is 16.3. The van der Waals surface area contributed by atoms with Crippen molar-refractivity contribution in [3.05, 3.63) is 47.5 Å². The maximum Gasteiger partial charge on any atom is 0.265 e. The molecule has 0 saturated carbocycles. The van der Waals surface area contributed by atoms with E-state index in [-0.39, 0.29) is 22.5 Å². The number of methoxy groups -OCH3 is 1. The number of hydrogen-bond donors (Lipinski definition) is 2. The van der Waals surface area contributed by atoms with Crippen molar-refractivity contribution in [2.24, 2.45) is 5.92 Å². The lowest BCUT2D eigenvalue weighted by atomic mass is 10.1. The van der Waals surface area contributed by atoms with Gasteiger partial charge in [-0.05, 0) is 48.9 Å². The molecule has 2 rings (SSSR count). The minimum absolute atomic E-state index is 0.0723. The van der Waals surface area contributed by atoms with Gasteiger partial charge in [0.05, 0.1) is 7.11 Å². The number of carbonyl (C=O) groups is 1. The van der Waals surface area contributed by atoms with E-state index >= 15 is 0 Å². The summed E-state index contributed by atoms with van der Waals surface area (Å²) in [4.78, 5) is 12.0. The second-order valence-electron chi connectivity index (χ2n) is 5.78. The SMILES string of the molecule is CCC(C)C(=O)Nc1ccc(OC)c(S(=O)(=O)Nc2ccc(Cl)cc2)c1. The van der Waals surface area contributed by atoms with E-state index in [4.69, 9.17) is 16.3 Å². The molecule has 140 valence electrons. The van der Waals surface area contributed by atoms with Gasteiger partial charge in [0, 0.05) is 22.3 Å². The Balaban J connectivity index is 2.34. The van der Waals surface area contributed by atoms with Crippen molar-refractivity contribution < 1.29 is 17.9 Å². The summed E-state index contributed by atoms with van der Waals surface area (Å²) < 4.78 is 33.2. The third-order valence-corrected chi connectivity index (χ3v) is 5.53. The van der Waals surface area contributed by atoms with Crippen LogP contribution in [0.3, 0.4) is 0 Å². The highest BCUT2D eigenvalue weighted by Crippen LogP contribution is 2.29. The fourth-order valence-electron chi connectivity index (χ4n) is 2.14. The molecule has 8 heteroatoms. The van der Waals surface area contributed by atoms with Crippen LogP contribution in [0.4, 0.5) is 11.4 Å². The zero-order valence-electron chi connectivity index (χ0n) is 14.7. The Morgan fingerprint density at radius 3 is 2.35 bits per heavy atom. The Hall–Kier alpha value is -2.25. The van der Waals surface area contributed by atoms with Gasteiger partial charge in [0.25, 0.3) is 10.0 Å². The first-order valence-corrected chi connectivity index (χ1v) is 9.90. The molecule has 1 atom stereocenters. The molecule has 0 spiro atoms. The van der Waals surface area contributed by atoms with Gasteiger partial charge in [0.1, 0.15) is 10.6 Å². The summed E-state index contributed by atoms with van der Waals surface area (Å²) in [6.45, 7) is 3.71. The summed E-state index contributed by atoms with van der Waals surface area (Å²) in [5.74, 6) is -0.177. The molecule has 0 heterocycles. The molecule has 0 radical (unpaired) electrons. The Labute approximate surface area is 158 Å². The molecular formula is C18H21ClN2O4S. The molecule has 0 fully saturated rings. The number of hydrogen-bond acceptors (Lipinski definition) is 4. The zero-order chi connectivity index (χ0) is 19.3. The number of nitrogens with one attached hydrogen (secondary N) is 2. The number of rotatable bonds is 7. The molecule has 26 heavy (non-hydrogen) atoms. The van der Waals surface area contributed by atoms with E-state index in [0.29, 0.717) is 22.8 Å². The van der Waals surface area contributed by atoms with Crippen LogP contribution in [-0.4, -0.2) is 21.4 Å². The molecule has 2 aromatic rings. The summed E-state index contributed by atoms with van der Waals surface area (Å²) in [7, 11) is -2.54. The third kappa shape index (κ3) is 4.89. The molecule has 1 amide bonds. The molecule has 0 aromatic heterocycles. The Morgan fingerprint density at radius 1 is 1.15 bits per heavy atom. The highest BCUT2D eigenvalue weighted by molar-refractivity contribution is 7.92. The predicted octanol–water partition coefficient (Wildman–Crippen LogP) is 4.13. The first-order chi connectivity index (χ1) is 12.3. The van der Waals surface area contributed by atoms with E-state index < -0.39 is 10.0 Å². The van der Waals surface area contributed by atoms with E-state index in [9.17, 15) is 13.2 Å². The lowest BCUT2D eigenvalue weighted by molar-refractivity contribution is -0.119. The van der Waals surface area contributed by atoms with Gasteiger partial charge < -0.3 is 10.1 Å². The number of halogens is 1. The van der Waals surface area contributed by atoms with Crippen LogP contribution in [0.5, 0.6) is 5.75 Å². The van der Waals surface area contributed by atoms with Crippen molar-refractivity contribution in [2.75, 3.05) is 17.1 Å². The minimum Gasteiger partial charge on any atom is -0.495 e. The topological polar surface area (TPSA) is 84.5 Å². The second-order valence-corrected chi connectivity index (χ2v) is 7.86. The van der Waals surface area contributed by atoms with Crippen LogP contribution < -0.4 is 14.8 Å². The fraction of sp³-hybridized carbons (Fsp3) is 0.278. The van der Waals surface area contributed by atoms with Gasteiger partial charge >= 0.3 is 0 Å². The van der Waals surface area contributed by atoms with Gasteiger partial charge in [-0.2, -0.15) is 0 Å². The smallest absolute Gasteiger partial charge is 0.265 e. The summed E-state index contributed by atoms with van der Waals surface area (Å²) in [6, 6.07) is 10.8. The third-order valence-electron chi connectivity index (χ3n) is 3.88. The van der Waals surface area contributed by atoms with Crippen LogP contribution in [0, 0.1) is 5.92 Å². The van der Waals surface area contributed by atoms with Crippen molar-refractivity contribution in [1.82, 2.24) is 0 Å². The van der Waals surface area contributed by atoms with Gasteiger partial charge in [-0.3, -0.25) is 9.52 Å². The number of anilines is 2. The second kappa shape index (κ2) is 8.42. The lowest BCUT2D eigenvalue weighted by Gasteiger charge is -2.15. The first kappa shape index (κ1) is 20.1. The van der Waals surface area contributed by atoms with E-state index in [1.165, 1.54) is 19.2 Å². The number of sulfonamides is 1. The van der Waals surface area contributed by atoms with Crippen LogP contribution in [-0.2, 0) is 14.8 Å². The molecule has 0 aliphatic rings. The van der Waals surface area contributed by atoms with Crippen LogP contribution >= 0.6 is 11.6 Å². The standard InChI is InChI=1S/C18H21ClN2O4S/c1-4-12(2)18(22)20-15-9-10-16(25-3)17(11-15)26(23,24)21-14-7-5-13(19)6-8-14/h5-12,21H,4H2,1-3H3,(H,20,22). The van der Waals surface area contributed by atoms with E-state index in [0.717, 1.165) is 0 Å². The molecule has 1 unspecified atom stereocenters. The predicted molar refractivity (Wildman–Crippen MR) is 103 cm³/mol. The maximum absolute atomic E-state index is 12.8. The number of carbonyl (C=O) groups excluding carboxylic acids is 1. The molecule has 0 saturated heterocycles. The summed E-state index contributed by atoms with van der Waals surface area (Å²) in [5, 5.41) is 3.22. The maximum atomic E-state index is 12.8. The average molecular weight is 397 g/mol. The van der Waals surface area contributed by atoms with Crippen LogP contribution in [0.25, 0.3) is 0 Å². The van der Waals surface area contributed by atoms with Gasteiger partial charge in [0.15, 0.2) is 0 Å². The fourth-order valence-corrected chi connectivity index (χ4v) is 3.52. The van der Waals surface area contributed by atoms with Gasteiger partial charge in [-0.15, -0.1) is 0 Å².